The molecule has 9 heteroatoms. The van der Waals surface area contributed by atoms with Gasteiger partial charge in [0.2, 0.25) is 0 Å². The van der Waals surface area contributed by atoms with Gasteiger partial charge in [-0.2, -0.15) is 0 Å². The molecule has 3 heterocycles. The van der Waals surface area contributed by atoms with E-state index in [4.69, 9.17) is 15.2 Å². The van der Waals surface area contributed by atoms with Gasteiger partial charge in [-0.05, 0) is 37.4 Å². The Balaban J connectivity index is 1.55. The van der Waals surface area contributed by atoms with Crippen LogP contribution in [0.15, 0.2) is 12.1 Å². The van der Waals surface area contributed by atoms with Crippen LogP contribution in [0.3, 0.4) is 0 Å². The number of methoxy groups -OCH3 is 1. The number of rotatable bonds is 4. The number of urea groups is 1. The van der Waals surface area contributed by atoms with Crippen molar-refractivity contribution in [1.29, 1.82) is 0 Å². The summed E-state index contributed by atoms with van der Waals surface area (Å²) in [5.41, 5.74) is 7.64. The molecule has 2 amide bonds. The molecule has 2 aromatic rings. The number of aromatic nitrogens is 1. The number of nitrogens with zero attached hydrogens (tertiary/aromatic N) is 3. The van der Waals surface area contributed by atoms with Crippen LogP contribution in [0.25, 0.3) is 10.2 Å². The summed E-state index contributed by atoms with van der Waals surface area (Å²) in [7, 11) is 1.64. The van der Waals surface area contributed by atoms with E-state index < -0.39 is 0 Å². The van der Waals surface area contributed by atoms with Crippen molar-refractivity contribution in [3.05, 3.63) is 12.1 Å². The van der Waals surface area contributed by atoms with Gasteiger partial charge in [0.25, 0.3) is 0 Å². The van der Waals surface area contributed by atoms with Crippen molar-refractivity contribution < 1.29 is 14.3 Å². The van der Waals surface area contributed by atoms with Gasteiger partial charge in [-0.3, -0.25) is 5.32 Å². The molecule has 0 saturated carbocycles. The molecule has 0 spiro atoms. The molecule has 0 aliphatic carbocycles. The van der Waals surface area contributed by atoms with Gasteiger partial charge in [-0.25, -0.2) is 9.78 Å². The molecule has 2 saturated heterocycles. The standard InChI is InChI=1S/C19H27N5O3S/c1-26-15-3-2-14(23-8-10-27-11-9-23)17-16(15)21-18(28-17)22-19(25)24-6-4-13(12-20)5-7-24/h2-3,13H,4-12,20H2,1H3,(H,21,22,25). The van der Waals surface area contributed by atoms with Crippen LogP contribution in [0.4, 0.5) is 15.6 Å². The zero-order valence-electron chi connectivity index (χ0n) is 16.1. The third kappa shape index (κ3) is 3.87. The Morgan fingerprint density at radius 1 is 1.32 bits per heavy atom. The molecule has 152 valence electrons. The Bertz CT molecular complexity index is 828. The average molecular weight is 406 g/mol. The Labute approximate surface area is 168 Å². The van der Waals surface area contributed by atoms with Crippen LogP contribution in [-0.2, 0) is 4.74 Å². The predicted molar refractivity (Wildman–Crippen MR) is 112 cm³/mol. The number of fused-ring (bicyclic) bond motifs is 1. The molecular weight excluding hydrogens is 378 g/mol. The monoisotopic (exact) mass is 405 g/mol. The number of carbonyl (C=O) groups is 1. The molecule has 2 aliphatic rings. The van der Waals surface area contributed by atoms with E-state index in [-0.39, 0.29) is 6.03 Å². The molecule has 28 heavy (non-hydrogen) atoms. The normalized spacial score (nSPS) is 18.5. The van der Waals surface area contributed by atoms with Crippen LogP contribution in [0.2, 0.25) is 0 Å². The molecule has 0 bridgehead atoms. The lowest BCUT2D eigenvalue weighted by Crippen LogP contribution is -2.42. The van der Waals surface area contributed by atoms with E-state index in [1.165, 1.54) is 11.3 Å². The summed E-state index contributed by atoms with van der Waals surface area (Å²) in [5.74, 6) is 1.24. The van der Waals surface area contributed by atoms with Crippen LogP contribution in [0, 0.1) is 5.92 Å². The number of hydrogen-bond acceptors (Lipinski definition) is 7. The van der Waals surface area contributed by atoms with Gasteiger partial charge >= 0.3 is 6.03 Å². The van der Waals surface area contributed by atoms with Crippen LogP contribution in [0.1, 0.15) is 12.8 Å². The highest BCUT2D eigenvalue weighted by molar-refractivity contribution is 7.23. The number of nitrogens with two attached hydrogens (primary N) is 1. The molecule has 0 radical (unpaired) electrons. The summed E-state index contributed by atoms with van der Waals surface area (Å²) in [4.78, 5) is 21.5. The zero-order chi connectivity index (χ0) is 19.5. The predicted octanol–water partition coefficient (Wildman–Crippen LogP) is 2.34. The van der Waals surface area contributed by atoms with Crippen molar-refractivity contribution in [2.45, 2.75) is 12.8 Å². The smallest absolute Gasteiger partial charge is 0.323 e. The van der Waals surface area contributed by atoms with E-state index in [1.807, 2.05) is 11.0 Å². The van der Waals surface area contributed by atoms with E-state index >= 15 is 0 Å². The number of amides is 2. The maximum absolute atomic E-state index is 12.7. The molecule has 4 rings (SSSR count). The maximum atomic E-state index is 12.7. The highest BCUT2D eigenvalue weighted by Gasteiger charge is 2.24. The van der Waals surface area contributed by atoms with Gasteiger partial charge in [0.05, 0.1) is 30.7 Å². The molecule has 1 aromatic heterocycles. The number of nitrogens with one attached hydrogen (secondary N) is 1. The fourth-order valence-electron chi connectivity index (χ4n) is 3.78. The second-order valence-corrected chi connectivity index (χ2v) is 8.18. The summed E-state index contributed by atoms with van der Waals surface area (Å²) in [6.45, 7) is 5.29. The molecule has 2 aliphatic heterocycles. The van der Waals surface area contributed by atoms with E-state index in [0.717, 1.165) is 54.9 Å². The van der Waals surface area contributed by atoms with Crippen molar-refractivity contribution in [2.75, 3.05) is 63.3 Å². The lowest BCUT2D eigenvalue weighted by atomic mass is 9.97. The number of hydrogen-bond donors (Lipinski definition) is 2. The molecule has 3 N–H and O–H groups in total. The van der Waals surface area contributed by atoms with Crippen molar-refractivity contribution in [1.82, 2.24) is 9.88 Å². The highest BCUT2D eigenvalue weighted by Crippen LogP contribution is 2.39. The highest BCUT2D eigenvalue weighted by atomic mass is 32.1. The number of piperidine rings is 1. The van der Waals surface area contributed by atoms with Crippen molar-refractivity contribution in [2.24, 2.45) is 11.7 Å². The molecule has 0 atom stereocenters. The Morgan fingerprint density at radius 3 is 2.75 bits per heavy atom. The molecule has 0 unspecified atom stereocenters. The minimum atomic E-state index is -0.0959. The van der Waals surface area contributed by atoms with Crippen molar-refractivity contribution >= 4 is 38.4 Å². The van der Waals surface area contributed by atoms with Crippen LogP contribution < -0.4 is 20.7 Å². The van der Waals surface area contributed by atoms with Crippen molar-refractivity contribution in [3.63, 3.8) is 0 Å². The minimum absolute atomic E-state index is 0.0959. The second-order valence-electron chi connectivity index (χ2n) is 7.18. The van der Waals surface area contributed by atoms with Crippen LogP contribution in [-0.4, -0.2) is 69.0 Å². The zero-order valence-corrected chi connectivity index (χ0v) is 17.0. The van der Waals surface area contributed by atoms with Gasteiger partial charge < -0.3 is 25.0 Å². The molecule has 8 nitrogen and oxygen atoms in total. The number of thiazole rings is 1. The second kappa shape index (κ2) is 8.50. The summed E-state index contributed by atoms with van der Waals surface area (Å²) in [6, 6.07) is 3.91. The quantitative estimate of drug-likeness (QED) is 0.811. The first-order valence-electron chi connectivity index (χ1n) is 9.76. The first-order valence-corrected chi connectivity index (χ1v) is 10.6. The molecule has 1 aromatic carbocycles. The summed E-state index contributed by atoms with van der Waals surface area (Å²) >= 11 is 1.49. The molecular formula is C19H27N5O3S. The van der Waals surface area contributed by atoms with E-state index in [9.17, 15) is 4.79 Å². The summed E-state index contributed by atoms with van der Waals surface area (Å²) < 4.78 is 12.0. The Morgan fingerprint density at radius 2 is 2.07 bits per heavy atom. The van der Waals surface area contributed by atoms with E-state index in [1.54, 1.807) is 7.11 Å². The largest absolute Gasteiger partial charge is 0.494 e. The van der Waals surface area contributed by atoms with Gasteiger partial charge in [0, 0.05) is 26.2 Å². The summed E-state index contributed by atoms with van der Waals surface area (Å²) in [6.07, 6.45) is 1.91. The minimum Gasteiger partial charge on any atom is -0.494 e. The van der Waals surface area contributed by atoms with Gasteiger partial charge in [-0.1, -0.05) is 11.3 Å². The lowest BCUT2D eigenvalue weighted by Gasteiger charge is -2.31. The molecule has 2 fully saturated rings. The van der Waals surface area contributed by atoms with Gasteiger partial charge in [0.1, 0.15) is 11.3 Å². The fourth-order valence-corrected chi connectivity index (χ4v) is 4.80. The number of anilines is 2. The first-order chi connectivity index (χ1) is 13.7. The van der Waals surface area contributed by atoms with Crippen LogP contribution in [0.5, 0.6) is 5.75 Å². The first kappa shape index (κ1) is 19.2. The van der Waals surface area contributed by atoms with Gasteiger partial charge in [0.15, 0.2) is 5.13 Å². The SMILES string of the molecule is COc1ccc(N2CCOCC2)c2sc(NC(=O)N3CCC(CN)CC3)nc12. The topological polar surface area (TPSA) is 93.0 Å². The number of morpholine rings is 1. The number of carbonyl (C=O) groups excluding carboxylic acids is 1. The third-order valence-electron chi connectivity index (χ3n) is 5.51. The number of ether oxygens (including phenoxy) is 2. The van der Waals surface area contributed by atoms with Crippen LogP contribution >= 0.6 is 11.3 Å². The fraction of sp³-hybridized carbons (Fsp3) is 0.579. The van der Waals surface area contributed by atoms with Crippen molar-refractivity contribution in [3.8, 4) is 5.75 Å². The third-order valence-corrected chi connectivity index (χ3v) is 6.50. The summed E-state index contributed by atoms with van der Waals surface area (Å²) in [5, 5.41) is 3.58. The number of likely N-dealkylation sites (tertiary alicyclic amines) is 1. The Kier molecular flexibility index (Phi) is 5.84. The maximum Gasteiger partial charge on any atom is 0.323 e. The van der Waals surface area contributed by atoms with Gasteiger partial charge in [-0.15, -0.1) is 0 Å². The Hall–Kier alpha value is -2.10. The van der Waals surface area contributed by atoms with E-state index in [0.29, 0.717) is 36.6 Å². The lowest BCUT2D eigenvalue weighted by molar-refractivity contribution is 0.123. The number of benzene rings is 1. The average Bonchev–Trinajstić information content (AvgIpc) is 3.17. The van der Waals surface area contributed by atoms with E-state index in [2.05, 4.69) is 21.3 Å².